The van der Waals surface area contributed by atoms with Crippen LogP contribution in [-0.2, 0) is 10.2 Å². The molecule has 0 amide bonds. The molecule has 0 aromatic heterocycles. The summed E-state index contributed by atoms with van der Waals surface area (Å²) in [6.07, 6.45) is 1.60. The maximum atomic E-state index is 11.1. The molecule has 1 saturated carbocycles. The highest BCUT2D eigenvalue weighted by Crippen LogP contribution is 2.45. The van der Waals surface area contributed by atoms with E-state index < -0.39 is 11.4 Å². The van der Waals surface area contributed by atoms with Gasteiger partial charge in [-0.15, -0.1) is 0 Å². The highest BCUT2D eigenvalue weighted by molar-refractivity contribution is 9.10. The van der Waals surface area contributed by atoms with Crippen molar-refractivity contribution in [3.05, 3.63) is 34.3 Å². The molecule has 1 aromatic rings. The Morgan fingerprint density at radius 2 is 2.16 bits per heavy atom. The van der Waals surface area contributed by atoms with Gasteiger partial charge in [0.1, 0.15) is 0 Å². The van der Waals surface area contributed by atoms with E-state index in [1.54, 1.807) is 0 Å². The molecular weight excluding hydrogens is 306 g/mol. The van der Waals surface area contributed by atoms with Crippen LogP contribution in [0.2, 0.25) is 0 Å². The number of nitrogens with one attached hydrogen (secondary N) is 1. The van der Waals surface area contributed by atoms with Gasteiger partial charge in [0, 0.05) is 23.0 Å². The average Bonchev–Trinajstić information content (AvgIpc) is 3.10. The number of hydrogen-bond donors (Lipinski definition) is 2. The molecule has 1 fully saturated rings. The molecule has 2 rings (SSSR count). The molecule has 2 N–H and O–H groups in total. The number of halogens is 1. The van der Waals surface area contributed by atoms with Gasteiger partial charge < -0.3 is 10.4 Å². The van der Waals surface area contributed by atoms with Gasteiger partial charge in [-0.1, -0.05) is 41.9 Å². The molecule has 0 bridgehead atoms. The summed E-state index contributed by atoms with van der Waals surface area (Å²) in [4.78, 5) is 11.1. The molecule has 3 nitrogen and oxygen atoms in total. The first-order valence-corrected chi connectivity index (χ1v) is 7.35. The van der Waals surface area contributed by atoms with Gasteiger partial charge in [0.05, 0.1) is 5.41 Å². The maximum absolute atomic E-state index is 11.1. The lowest BCUT2D eigenvalue weighted by atomic mass is 9.84. The van der Waals surface area contributed by atoms with Crippen molar-refractivity contribution < 1.29 is 9.90 Å². The van der Waals surface area contributed by atoms with Crippen molar-refractivity contribution in [2.75, 3.05) is 13.1 Å². The fraction of sp³-hybridized carbons (Fsp3) is 0.533. The van der Waals surface area contributed by atoms with Crippen LogP contribution in [0.5, 0.6) is 0 Å². The Bertz CT molecular complexity index is 481. The van der Waals surface area contributed by atoms with Gasteiger partial charge >= 0.3 is 5.97 Å². The number of hydrogen-bond acceptors (Lipinski definition) is 2. The van der Waals surface area contributed by atoms with Crippen LogP contribution in [0.3, 0.4) is 0 Å². The number of benzene rings is 1. The Hall–Kier alpha value is -0.870. The Morgan fingerprint density at radius 1 is 1.47 bits per heavy atom. The molecule has 104 valence electrons. The zero-order valence-electron chi connectivity index (χ0n) is 11.4. The van der Waals surface area contributed by atoms with Crippen LogP contribution in [0.4, 0.5) is 0 Å². The van der Waals surface area contributed by atoms with Crippen LogP contribution in [0.15, 0.2) is 28.7 Å². The average molecular weight is 326 g/mol. The largest absolute Gasteiger partial charge is 0.481 e. The third-order valence-electron chi connectivity index (χ3n) is 3.94. The lowest BCUT2D eigenvalue weighted by Crippen LogP contribution is -2.38. The summed E-state index contributed by atoms with van der Waals surface area (Å²) in [6, 6.07) is 8.26. The topological polar surface area (TPSA) is 49.3 Å². The summed E-state index contributed by atoms with van der Waals surface area (Å²) in [5, 5.41) is 12.5. The fourth-order valence-electron chi connectivity index (χ4n) is 2.24. The minimum absolute atomic E-state index is 0.0155. The van der Waals surface area contributed by atoms with E-state index in [0.29, 0.717) is 6.54 Å². The van der Waals surface area contributed by atoms with Crippen LogP contribution in [0.1, 0.15) is 32.3 Å². The SMILES string of the molecule is CC(C)(CNCC1(C(=O)O)CC1)c1cccc(Br)c1. The number of rotatable bonds is 6. The smallest absolute Gasteiger partial charge is 0.310 e. The lowest BCUT2D eigenvalue weighted by Gasteiger charge is -2.27. The molecule has 0 atom stereocenters. The molecule has 1 aliphatic carbocycles. The molecular formula is C15H20BrNO2. The molecule has 1 aromatic carbocycles. The molecule has 0 heterocycles. The third-order valence-corrected chi connectivity index (χ3v) is 4.44. The van der Waals surface area contributed by atoms with E-state index in [4.69, 9.17) is 5.11 Å². The Labute approximate surface area is 122 Å². The van der Waals surface area contributed by atoms with Gasteiger partial charge in [-0.25, -0.2) is 0 Å². The Balaban J connectivity index is 1.93. The van der Waals surface area contributed by atoms with Crippen molar-refractivity contribution in [3.63, 3.8) is 0 Å². The third kappa shape index (κ3) is 3.37. The number of carboxylic acid groups (broad SMARTS) is 1. The summed E-state index contributed by atoms with van der Waals surface area (Å²) >= 11 is 3.49. The van der Waals surface area contributed by atoms with Crippen LogP contribution in [0, 0.1) is 5.41 Å². The van der Waals surface area contributed by atoms with Crippen LogP contribution >= 0.6 is 15.9 Å². The number of carboxylic acids is 1. The van der Waals surface area contributed by atoms with E-state index in [2.05, 4.69) is 47.2 Å². The van der Waals surface area contributed by atoms with E-state index in [-0.39, 0.29) is 5.41 Å². The van der Waals surface area contributed by atoms with Gasteiger partial charge in [0.25, 0.3) is 0 Å². The standard InChI is InChI=1S/C15H20BrNO2/c1-14(2,11-4-3-5-12(16)8-11)9-17-10-15(6-7-15)13(18)19/h3-5,8,17H,6-7,9-10H2,1-2H3,(H,18,19). The first-order chi connectivity index (χ1) is 8.86. The van der Waals surface area contributed by atoms with E-state index in [1.807, 2.05) is 12.1 Å². The van der Waals surface area contributed by atoms with Crippen LogP contribution in [-0.4, -0.2) is 24.2 Å². The minimum Gasteiger partial charge on any atom is -0.481 e. The zero-order valence-corrected chi connectivity index (χ0v) is 13.0. The van der Waals surface area contributed by atoms with Gasteiger partial charge in [0.2, 0.25) is 0 Å². The van der Waals surface area contributed by atoms with E-state index in [0.717, 1.165) is 23.9 Å². The first-order valence-electron chi connectivity index (χ1n) is 6.56. The molecule has 0 radical (unpaired) electrons. The van der Waals surface area contributed by atoms with Crippen molar-refractivity contribution in [1.82, 2.24) is 5.32 Å². The zero-order chi connectivity index (χ0) is 14.1. The second kappa shape index (κ2) is 5.25. The molecule has 1 aliphatic rings. The number of aliphatic carboxylic acids is 1. The lowest BCUT2D eigenvalue weighted by molar-refractivity contribution is -0.143. The predicted molar refractivity (Wildman–Crippen MR) is 79.3 cm³/mol. The van der Waals surface area contributed by atoms with Gasteiger partial charge in [-0.05, 0) is 30.5 Å². The second-order valence-electron chi connectivity index (χ2n) is 6.08. The second-order valence-corrected chi connectivity index (χ2v) is 7.00. The molecule has 0 aliphatic heterocycles. The van der Waals surface area contributed by atoms with E-state index in [9.17, 15) is 4.79 Å². The first kappa shape index (κ1) is 14.5. The molecule has 0 unspecified atom stereocenters. The monoisotopic (exact) mass is 325 g/mol. The highest BCUT2D eigenvalue weighted by Gasteiger charge is 2.49. The summed E-state index contributed by atoms with van der Waals surface area (Å²) in [7, 11) is 0. The molecule has 0 spiro atoms. The van der Waals surface area contributed by atoms with E-state index >= 15 is 0 Å². The van der Waals surface area contributed by atoms with E-state index in [1.165, 1.54) is 5.56 Å². The fourth-order valence-corrected chi connectivity index (χ4v) is 2.64. The molecule has 19 heavy (non-hydrogen) atoms. The summed E-state index contributed by atoms with van der Waals surface area (Å²) in [6.45, 7) is 5.68. The van der Waals surface area contributed by atoms with Crippen LogP contribution < -0.4 is 5.32 Å². The summed E-state index contributed by atoms with van der Waals surface area (Å²) < 4.78 is 1.07. The predicted octanol–water partition coefficient (Wildman–Crippen LogP) is 3.18. The molecule has 0 saturated heterocycles. The normalized spacial score (nSPS) is 17.2. The van der Waals surface area contributed by atoms with Crippen molar-refractivity contribution in [2.24, 2.45) is 5.41 Å². The minimum atomic E-state index is -0.666. The van der Waals surface area contributed by atoms with Crippen molar-refractivity contribution in [3.8, 4) is 0 Å². The van der Waals surface area contributed by atoms with Gasteiger partial charge in [0.15, 0.2) is 0 Å². The van der Waals surface area contributed by atoms with Crippen LogP contribution in [0.25, 0.3) is 0 Å². The van der Waals surface area contributed by atoms with Crippen molar-refractivity contribution in [1.29, 1.82) is 0 Å². The number of carbonyl (C=O) groups is 1. The van der Waals surface area contributed by atoms with Crippen molar-refractivity contribution >= 4 is 21.9 Å². The Morgan fingerprint density at radius 3 is 2.68 bits per heavy atom. The molecule has 4 heteroatoms. The van der Waals surface area contributed by atoms with Crippen molar-refractivity contribution in [2.45, 2.75) is 32.1 Å². The van der Waals surface area contributed by atoms with Gasteiger partial charge in [-0.2, -0.15) is 0 Å². The summed E-state index contributed by atoms with van der Waals surface area (Å²) in [5.41, 5.74) is 0.737. The Kier molecular flexibility index (Phi) is 4.02. The van der Waals surface area contributed by atoms with Gasteiger partial charge in [-0.3, -0.25) is 4.79 Å². The maximum Gasteiger partial charge on any atom is 0.310 e. The quantitative estimate of drug-likeness (QED) is 0.844. The highest BCUT2D eigenvalue weighted by atomic mass is 79.9. The summed E-state index contributed by atoms with van der Waals surface area (Å²) in [5.74, 6) is -0.666.